The summed E-state index contributed by atoms with van der Waals surface area (Å²) in [4.78, 5) is 14.9. The zero-order valence-electron chi connectivity index (χ0n) is 13.4. The molecule has 0 aromatic rings. The summed E-state index contributed by atoms with van der Waals surface area (Å²) in [5, 5.41) is 20.2. The Morgan fingerprint density at radius 3 is 2.52 bits per heavy atom. The van der Waals surface area contributed by atoms with Crippen molar-refractivity contribution in [3.05, 3.63) is 0 Å². The molecule has 1 amide bonds. The predicted octanol–water partition coefficient (Wildman–Crippen LogP) is 1.16. The van der Waals surface area contributed by atoms with Gasteiger partial charge in [-0.05, 0) is 74.5 Å². The van der Waals surface area contributed by atoms with Crippen LogP contribution in [0, 0.1) is 34.5 Å². The number of aliphatic hydroxyl groups is 1. The summed E-state index contributed by atoms with van der Waals surface area (Å²) >= 11 is 0. The molecule has 5 nitrogen and oxygen atoms in total. The summed E-state index contributed by atoms with van der Waals surface area (Å²) in [6.45, 7) is 0. The fourth-order valence-corrected chi connectivity index (χ4v) is 6.96. The van der Waals surface area contributed by atoms with Crippen LogP contribution in [0.25, 0.3) is 0 Å². The lowest BCUT2D eigenvalue weighted by Crippen LogP contribution is -2.64. The van der Waals surface area contributed by atoms with Crippen LogP contribution < -0.4 is 5.73 Å². The molecule has 1 aliphatic heterocycles. The van der Waals surface area contributed by atoms with Gasteiger partial charge in [-0.3, -0.25) is 4.79 Å². The van der Waals surface area contributed by atoms with E-state index in [0.717, 1.165) is 38.5 Å². The van der Waals surface area contributed by atoms with Gasteiger partial charge >= 0.3 is 0 Å². The molecule has 5 heteroatoms. The first kappa shape index (κ1) is 14.2. The molecular formula is C18H25N3O2. The molecule has 1 saturated heterocycles. The monoisotopic (exact) mass is 315 g/mol. The fraction of sp³-hybridized carbons (Fsp3) is 0.889. The Kier molecular flexibility index (Phi) is 2.65. The van der Waals surface area contributed by atoms with Gasteiger partial charge < -0.3 is 15.7 Å². The zero-order valence-corrected chi connectivity index (χ0v) is 13.4. The highest BCUT2D eigenvalue weighted by atomic mass is 16.3. The van der Waals surface area contributed by atoms with E-state index in [1.54, 1.807) is 4.90 Å². The molecule has 2 unspecified atom stereocenters. The highest BCUT2D eigenvalue weighted by Gasteiger charge is 2.62. The fourth-order valence-electron chi connectivity index (χ4n) is 6.96. The van der Waals surface area contributed by atoms with E-state index in [9.17, 15) is 15.2 Å². The van der Waals surface area contributed by atoms with Crippen molar-refractivity contribution in [3.63, 3.8) is 0 Å². The molecule has 6 aliphatic rings. The standard InChI is InChI=1S/C18H25N3O2/c19-8-13-2-12-3-14(12)21(13)16(22)15(20)17-4-10-1-11(5-17)7-18(23,6-10)9-17/h10-15,23H,1-7,9,20H2/t10?,11?,12-,13-,14+,15-,17?,18?/m0/s1. The second-order valence-electron chi connectivity index (χ2n) is 9.21. The van der Waals surface area contributed by atoms with Crippen LogP contribution in [0.15, 0.2) is 0 Å². The molecule has 124 valence electrons. The van der Waals surface area contributed by atoms with E-state index in [1.807, 2.05) is 0 Å². The van der Waals surface area contributed by atoms with Gasteiger partial charge in [0, 0.05) is 6.04 Å². The minimum atomic E-state index is -0.594. The summed E-state index contributed by atoms with van der Waals surface area (Å²) < 4.78 is 0. The summed E-state index contributed by atoms with van der Waals surface area (Å²) in [7, 11) is 0. The Balaban J connectivity index is 1.43. The second-order valence-corrected chi connectivity index (χ2v) is 9.21. The van der Waals surface area contributed by atoms with Gasteiger partial charge in [0.05, 0.1) is 17.7 Å². The number of nitriles is 1. The van der Waals surface area contributed by atoms with Crippen molar-refractivity contribution in [2.75, 3.05) is 0 Å². The molecule has 6 atom stereocenters. The summed E-state index contributed by atoms with van der Waals surface area (Å²) in [6.07, 6.45) is 7.48. The van der Waals surface area contributed by atoms with Crippen LogP contribution in [0.1, 0.15) is 51.4 Å². The quantitative estimate of drug-likeness (QED) is 0.800. The lowest BCUT2D eigenvalue weighted by atomic mass is 9.46. The Labute approximate surface area is 136 Å². The zero-order chi connectivity index (χ0) is 16.0. The second kappa shape index (κ2) is 4.29. The van der Waals surface area contributed by atoms with Gasteiger partial charge in [-0.2, -0.15) is 5.26 Å². The average molecular weight is 315 g/mol. The van der Waals surface area contributed by atoms with Gasteiger partial charge in [0.1, 0.15) is 6.04 Å². The third-order valence-electron chi connectivity index (χ3n) is 7.51. The number of carbonyl (C=O) groups excluding carboxylic acids is 1. The van der Waals surface area contributed by atoms with E-state index in [1.165, 1.54) is 6.42 Å². The summed E-state index contributed by atoms with van der Waals surface area (Å²) in [5.41, 5.74) is 5.71. The number of hydrogen-bond acceptors (Lipinski definition) is 4. The van der Waals surface area contributed by atoms with Crippen molar-refractivity contribution in [2.24, 2.45) is 28.9 Å². The maximum atomic E-state index is 13.1. The minimum absolute atomic E-state index is 0.0212. The number of carbonyl (C=O) groups is 1. The van der Waals surface area contributed by atoms with E-state index in [0.29, 0.717) is 24.2 Å². The van der Waals surface area contributed by atoms with E-state index >= 15 is 0 Å². The molecule has 6 rings (SSSR count). The Hall–Kier alpha value is -1.12. The van der Waals surface area contributed by atoms with Crippen molar-refractivity contribution < 1.29 is 9.90 Å². The van der Waals surface area contributed by atoms with E-state index in [2.05, 4.69) is 6.07 Å². The Bertz CT molecular complexity index is 598. The smallest absolute Gasteiger partial charge is 0.241 e. The largest absolute Gasteiger partial charge is 0.390 e. The van der Waals surface area contributed by atoms with Crippen molar-refractivity contribution in [3.8, 4) is 6.07 Å². The molecule has 4 bridgehead atoms. The molecule has 5 aliphatic carbocycles. The maximum Gasteiger partial charge on any atom is 0.241 e. The minimum Gasteiger partial charge on any atom is -0.390 e. The van der Waals surface area contributed by atoms with Gasteiger partial charge in [0.25, 0.3) is 0 Å². The molecule has 3 N–H and O–H groups in total. The molecule has 6 fully saturated rings. The Morgan fingerprint density at radius 1 is 1.22 bits per heavy atom. The number of amides is 1. The van der Waals surface area contributed by atoms with Crippen LogP contribution in [-0.4, -0.2) is 39.6 Å². The lowest BCUT2D eigenvalue weighted by molar-refractivity contribution is -0.177. The first-order valence-electron chi connectivity index (χ1n) is 9.13. The normalized spacial score (nSPS) is 53.8. The van der Waals surface area contributed by atoms with Crippen LogP contribution in [0.4, 0.5) is 0 Å². The number of nitrogens with zero attached hydrogens (tertiary/aromatic N) is 2. The topological polar surface area (TPSA) is 90.4 Å². The molecule has 0 aromatic carbocycles. The first-order chi connectivity index (χ1) is 10.9. The van der Waals surface area contributed by atoms with Gasteiger partial charge in [0.15, 0.2) is 0 Å². The number of fused-ring (bicyclic) bond motifs is 1. The molecule has 1 heterocycles. The molecule has 0 aromatic heterocycles. The summed E-state index contributed by atoms with van der Waals surface area (Å²) in [5.74, 6) is 1.56. The maximum absolute atomic E-state index is 13.1. The number of likely N-dealkylation sites (tertiary alicyclic amines) is 1. The van der Waals surface area contributed by atoms with E-state index < -0.39 is 11.6 Å². The number of piperidine rings is 1. The van der Waals surface area contributed by atoms with Crippen LogP contribution in [-0.2, 0) is 4.79 Å². The molecule has 5 saturated carbocycles. The van der Waals surface area contributed by atoms with Crippen molar-refractivity contribution in [1.29, 1.82) is 5.26 Å². The number of hydrogen-bond donors (Lipinski definition) is 2. The third kappa shape index (κ3) is 1.88. The molecule has 23 heavy (non-hydrogen) atoms. The van der Waals surface area contributed by atoms with Crippen LogP contribution in [0.3, 0.4) is 0 Å². The number of nitrogens with two attached hydrogens (primary N) is 1. The van der Waals surface area contributed by atoms with Gasteiger partial charge in [-0.1, -0.05) is 0 Å². The van der Waals surface area contributed by atoms with Crippen LogP contribution >= 0.6 is 0 Å². The highest BCUT2D eigenvalue weighted by molar-refractivity contribution is 5.84. The van der Waals surface area contributed by atoms with E-state index in [-0.39, 0.29) is 23.4 Å². The SMILES string of the molecule is N#C[C@@H]1C[C@H]2C[C@H]2N1C(=O)[C@H](N)C12CC3CC(CC(O)(C3)C1)C2. The van der Waals surface area contributed by atoms with Crippen LogP contribution in [0.5, 0.6) is 0 Å². The van der Waals surface area contributed by atoms with Crippen molar-refractivity contribution in [1.82, 2.24) is 4.90 Å². The molecule has 0 radical (unpaired) electrons. The third-order valence-corrected chi connectivity index (χ3v) is 7.51. The predicted molar refractivity (Wildman–Crippen MR) is 82.8 cm³/mol. The Morgan fingerprint density at radius 2 is 1.91 bits per heavy atom. The van der Waals surface area contributed by atoms with Crippen molar-refractivity contribution >= 4 is 5.91 Å². The highest BCUT2D eigenvalue weighted by Crippen LogP contribution is 2.63. The molecular weight excluding hydrogens is 290 g/mol. The summed E-state index contributed by atoms with van der Waals surface area (Å²) in [6, 6.07) is 1.72. The average Bonchev–Trinajstić information content (AvgIpc) is 3.14. The lowest BCUT2D eigenvalue weighted by Gasteiger charge is -2.61. The van der Waals surface area contributed by atoms with E-state index in [4.69, 9.17) is 5.73 Å². The number of rotatable bonds is 2. The van der Waals surface area contributed by atoms with Gasteiger partial charge in [-0.25, -0.2) is 0 Å². The molecule has 0 spiro atoms. The van der Waals surface area contributed by atoms with Gasteiger partial charge in [-0.15, -0.1) is 0 Å². The van der Waals surface area contributed by atoms with Gasteiger partial charge in [0.2, 0.25) is 5.91 Å². The first-order valence-corrected chi connectivity index (χ1v) is 9.13. The van der Waals surface area contributed by atoms with Crippen LogP contribution in [0.2, 0.25) is 0 Å². The van der Waals surface area contributed by atoms with Crippen molar-refractivity contribution in [2.45, 2.75) is 75.1 Å².